The summed E-state index contributed by atoms with van der Waals surface area (Å²) in [6, 6.07) is 4.72. The van der Waals surface area contributed by atoms with Gasteiger partial charge in [-0.1, -0.05) is 135 Å². The molecule has 1 saturated heterocycles. The lowest BCUT2D eigenvalue weighted by Crippen LogP contribution is -2.47. The summed E-state index contributed by atoms with van der Waals surface area (Å²) in [6.07, 6.45) is 24.3. The van der Waals surface area contributed by atoms with Gasteiger partial charge < -0.3 is 19.9 Å². The zero-order valence-electron chi connectivity index (χ0n) is 37.9. The number of carbonyl (C=O) groups excluding carboxylic acids is 5. The molecule has 4 N–H and O–H groups in total. The molecule has 2 aliphatic heterocycles. The van der Waals surface area contributed by atoms with Crippen molar-refractivity contribution in [1.82, 2.24) is 15.4 Å². The highest BCUT2D eigenvalue weighted by Crippen LogP contribution is 2.25. The number of aliphatic imine (C=N–C) groups is 1. The molecule has 0 aliphatic carbocycles. The van der Waals surface area contributed by atoms with E-state index in [1.807, 2.05) is 0 Å². The van der Waals surface area contributed by atoms with Crippen LogP contribution in [-0.2, 0) is 33.4 Å². The highest BCUT2D eigenvalue weighted by Gasteiger charge is 2.33. The van der Waals surface area contributed by atoms with Gasteiger partial charge in [-0.2, -0.15) is 0 Å². The standard InChI is InChI=1S/C48H78N4O10/c1-3-4-5-6-7-8-9-10-11-12-13-14-15-16-17-18-19-20-31-45(56)51(59)32-25-23-27-38(35-43(54)41-36-61-46(50-41)39-28-21-22-30-42(39)53)48(58)62-37(2)34-44(55)49-40-29-24-26-33-52(60)47(40)57/h21-22,28,30,37-38,40-41,53,59-60H,3-20,23-27,29,31-36H2,1-2H3,(H,49,55)/t37-,38-,40?,41+/m1/s1. The minimum Gasteiger partial charge on any atom is -0.507 e. The molecule has 3 amide bonds. The Labute approximate surface area is 370 Å². The van der Waals surface area contributed by atoms with Crippen molar-refractivity contribution in [1.29, 1.82) is 0 Å². The number of phenolic OH excluding ortho intramolecular Hbond substituents is 1. The maximum Gasteiger partial charge on any atom is 0.309 e. The van der Waals surface area contributed by atoms with Crippen LogP contribution in [0.2, 0.25) is 0 Å². The van der Waals surface area contributed by atoms with Gasteiger partial charge in [0.2, 0.25) is 17.7 Å². The van der Waals surface area contributed by atoms with Gasteiger partial charge in [0, 0.05) is 25.9 Å². The number of esters is 1. The lowest BCUT2D eigenvalue weighted by atomic mass is 9.93. The number of hydrogen-bond donors (Lipinski definition) is 4. The molecule has 1 aromatic rings. The number of rotatable bonds is 33. The second-order valence-corrected chi connectivity index (χ2v) is 17.4. The maximum atomic E-state index is 13.5. The number of ether oxygens (including phenoxy) is 2. The average Bonchev–Trinajstić information content (AvgIpc) is 3.69. The van der Waals surface area contributed by atoms with E-state index in [0.717, 1.165) is 30.7 Å². The number of nitrogens with zero attached hydrogens (tertiary/aromatic N) is 3. The summed E-state index contributed by atoms with van der Waals surface area (Å²) in [5.41, 5.74) is 0.353. The van der Waals surface area contributed by atoms with E-state index in [1.165, 1.54) is 96.0 Å². The van der Waals surface area contributed by atoms with E-state index in [2.05, 4.69) is 17.2 Å². The number of nitrogens with one attached hydrogen (secondary N) is 1. The van der Waals surface area contributed by atoms with Crippen LogP contribution in [0.5, 0.6) is 5.75 Å². The van der Waals surface area contributed by atoms with Crippen LogP contribution < -0.4 is 5.32 Å². The molecule has 2 aliphatic rings. The molecule has 1 fully saturated rings. The number of para-hydroxylation sites is 1. The van der Waals surface area contributed by atoms with E-state index in [9.17, 15) is 39.5 Å². The molecular weight excluding hydrogens is 793 g/mol. The van der Waals surface area contributed by atoms with E-state index in [0.29, 0.717) is 42.7 Å². The van der Waals surface area contributed by atoms with Gasteiger partial charge in [0.1, 0.15) is 30.5 Å². The Hall–Kier alpha value is -4.04. The molecule has 2 heterocycles. The van der Waals surface area contributed by atoms with Crippen LogP contribution >= 0.6 is 0 Å². The van der Waals surface area contributed by atoms with E-state index >= 15 is 0 Å². The van der Waals surface area contributed by atoms with Crippen molar-refractivity contribution < 1.29 is 49.0 Å². The van der Waals surface area contributed by atoms with Crippen molar-refractivity contribution in [3.05, 3.63) is 29.8 Å². The first-order chi connectivity index (χ1) is 30.0. The number of benzene rings is 1. The molecule has 4 atom stereocenters. The molecule has 350 valence electrons. The fourth-order valence-corrected chi connectivity index (χ4v) is 8.11. The topological polar surface area (TPSA) is 195 Å². The Morgan fingerprint density at radius 2 is 1.45 bits per heavy atom. The summed E-state index contributed by atoms with van der Waals surface area (Å²) in [7, 11) is 0. The summed E-state index contributed by atoms with van der Waals surface area (Å²) in [5, 5.41) is 34.5. The Morgan fingerprint density at radius 1 is 0.855 bits per heavy atom. The Balaban J connectivity index is 1.36. The van der Waals surface area contributed by atoms with Crippen molar-refractivity contribution in [3.8, 4) is 5.75 Å². The second kappa shape index (κ2) is 30.9. The molecule has 0 saturated carbocycles. The van der Waals surface area contributed by atoms with Crippen LogP contribution in [0, 0.1) is 5.92 Å². The predicted molar refractivity (Wildman–Crippen MR) is 238 cm³/mol. The van der Waals surface area contributed by atoms with E-state index in [4.69, 9.17) is 9.47 Å². The second-order valence-electron chi connectivity index (χ2n) is 17.4. The lowest BCUT2D eigenvalue weighted by Gasteiger charge is -2.22. The molecule has 1 unspecified atom stereocenters. The van der Waals surface area contributed by atoms with Crippen molar-refractivity contribution in [2.45, 2.75) is 205 Å². The Kier molecular flexibility index (Phi) is 26.1. The lowest BCUT2D eigenvalue weighted by molar-refractivity contribution is -0.167. The average molecular weight is 871 g/mol. The number of carbonyl (C=O) groups is 5. The molecule has 14 nitrogen and oxygen atoms in total. The van der Waals surface area contributed by atoms with Gasteiger partial charge in [0.05, 0.1) is 17.9 Å². The van der Waals surface area contributed by atoms with Gasteiger partial charge in [-0.25, -0.2) is 15.1 Å². The molecule has 62 heavy (non-hydrogen) atoms. The summed E-state index contributed by atoms with van der Waals surface area (Å²) in [4.78, 5) is 69.2. The third-order valence-corrected chi connectivity index (χ3v) is 11.9. The van der Waals surface area contributed by atoms with Crippen molar-refractivity contribution in [3.63, 3.8) is 0 Å². The van der Waals surface area contributed by atoms with Gasteiger partial charge in [-0.05, 0) is 57.6 Å². The Bertz CT molecular complexity index is 1520. The minimum absolute atomic E-state index is 0.0391. The number of amides is 3. The van der Waals surface area contributed by atoms with E-state index in [-0.39, 0.29) is 68.7 Å². The zero-order valence-corrected chi connectivity index (χ0v) is 37.9. The maximum absolute atomic E-state index is 13.5. The SMILES string of the molecule is CCCCCCCCCCCCCCCCCCCCC(=O)N(O)CCCC[C@H](CC(=O)[C@@H]1COC(c2ccccc2O)=N1)C(=O)O[C@H](C)CC(=O)NC1CCCCN(O)C1=O. The highest BCUT2D eigenvalue weighted by atomic mass is 16.5. The van der Waals surface area contributed by atoms with E-state index in [1.54, 1.807) is 25.1 Å². The number of ketones is 1. The number of phenols is 1. The number of Topliss-reactive ketones (excluding diaryl/α,β-unsaturated/α-hetero) is 1. The van der Waals surface area contributed by atoms with E-state index < -0.39 is 41.9 Å². The third kappa shape index (κ3) is 20.9. The number of aromatic hydroxyl groups is 1. The van der Waals surface area contributed by atoms with Crippen molar-refractivity contribution in [2.24, 2.45) is 10.9 Å². The van der Waals surface area contributed by atoms with Crippen LogP contribution in [0.15, 0.2) is 29.3 Å². The fourth-order valence-electron chi connectivity index (χ4n) is 8.11. The predicted octanol–water partition coefficient (Wildman–Crippen LogP) is 9.14. The third-order valence-electron chi connectivity index (χ3n) is 11.9. The van der Waals surface area contributed by atoms with Crippen LogP contribution in [0.3, 0.4) is 0 Å². The molecular formula is C48H78N4O10. The molecule has 0 spiro atoms. The zero-order chi connectivity index (χ0) is 45.0. The number of hydrogen-bond acceptors (Lipinski definition) is 11. The van der Waals surface area contributed by atoms with Gasteiger partial charge in [-0.15, -0.1) is 0 Å². The van der Waals surface area contributed by atoms with Crippen molar-refractivity contribution in [2.75, 3.05) is 19.7 Å². The number of unbranched alkanes of at least 4 members (excludes halogenated alkanes) is 18. The molecule has 1 aromatic carbocycles. The highest BCUT2D eigenvalue weighted by molar-refractivity contribution is 6.01. The van der Waals surface area contributed by atoms with Crippen LogP contribution in [-0.4, -0.2) is 98.9 Å². The summed E-state index contributed by atoms with van der Waals surface area (Å²) < 4.78 is 11.3. The van der Waals surface area contributed by atoms with Crippen LogP contribution in [0.25, 0.3) is 0 Å². The van der Waals surface area contributed by atoms with Crippen LogP contribution in [0.4, 0.5) is 0 Å². The summed E-state index contributed by atoms with van der Waals surface area (Å²) in [6.45, 7) is 4.04. The Morgan fingerprint density at radius 3 is 2.06 bits per heavy atom. The molecule has 0 radical (unpaired) electrons. The fraction of sp³-hybridized carbons (Fsp3) is 0.750. The quantitative estimate of drug-likeness (QED) is 0.0229. The minimum atomic E-state index is -0.897. The summed E-state index contributed by atoms with van der Waals surface area (Å²) >= 11 is 0. The van der Waals surface area contributed by atoms with Gasteiger partial charge in [0.25, 0.3) is 5.91 Å². The first kappa shape index (κ1) is 52.3. The smallest absolute Gasteiger partial charge is 0.309 e. The molecule has 14 heteroatoms. The molecule has 3 rings (SSSR count). The van der Waals surface area contributed by atoms with Gasteiger partial charge >= 0.3 is 5.97 Å². The normalized spacial score (nSPS) is 17.5. The van der Waals surface area contributed by atoms with Crippen molar-refractivity contribution >= 4 is 35.4 Å². The van der Waals surface area contributed by atoms with Gasteiger partial charge in [0.15, 0.2) is 5.78 Å². The first-order valence-corrected chi connectivity index (χ1v) is 24.0. The monoisotopic (exact) mass is 871 g/mol. The molecule has 0 aromatic heterocycles. The van der Waals surface area contributed by atoms with Crippen LogP contribution in [0.1, 0.15) is 193 Å². The molecule has 0 bridgehead atoms. The number of hydroxylamine groups is 4. The summed E-state index contributed by atoms with van der Waals surface area (Å²) in [5.74, 6) is -3.28. The first-order valence-electron chi connectivity index (χ1n) is 24.0. The van der Waals surface area contributed by atoms with Gasteiger partial charge in [-0.3, -0.25) is 34.4 Å². The largest absolute Gasteiger partial charge is 0.507 e.